The second-order valence-electron chi connectivity index (χ2n) is 13.6. The van der Waals surface area contributed by atoms with Crippen molar-refractivity contribution in [2.45, 2.75) is 87.8 Å². The van der Waals surface area contributed by atoms with Crippen LogP contribution in [0, 0.1) is 17.0 Å². The smallest absolute Gasteiger partial charge is 0.297 e. The molecule has 1 N–H and O–H groups in total. The first-order chi connectivity index (χ1) is 21.0. The molecule has 0 bridgehead atoms. The standard InChI is InChI=1S/C33H47N3O7SSi/c1-23-9-14-28(15-10-23)44(39,40)42-22-27(43-45(7,8)33(2,3)4)21-41-32-20-25(12-18-31(32)36(37)38)29-16-11-24-19-26(35(5)6)13-17-30(24)34-29/h9-16,19-20,27,29-31,34H,17-18,21-22H2,1-8H3/t27?,29-,30-,31-/m0/s1. The van der Waals surface area contributed by atoms with Crippen molar-refractivity contribution >= 4 is 18.4 Å². The monoisotopic (exact) mass is 657 g/mol. The van der Waals surface area contributed by atoms with Crippen LogP contribution in [0.4, 0.5) is 0 Å². The van der Waals surface area contributed by atoms with E-state index in [9.17, 15) is 18.5 Å². The highest BCUT2D eigenvalue weighted by molar-refractivity contribution is 7.86. The molecule has 45 heavy (non-hydrogen) atoms. The lowest BCUT2D eigenvalue weighted by Crippen LogP contribution is -2.46. The topological polar surface area (TPSA) is 120 Å². The molecule has 4 rings (SSSR count). The van der Waals surface area contributed by atoms with Crippen molar-refractivity contribution in [2.75, 3.05) is 27.3 Å². The SMILES string of the molecule is Cc1ccc(S(=O)(=O)OCC(COC2=CC([C@@H]3C=CC4=CC(N(C)C)=CC[C@@H]4N3)=CC[C@@H]2[N+](=O)[O-])O[Si](C)(C)C(C)(C)C)cc1. The van der Waals surface area contributed by atoms with Gasteiger partial charge < -0.3 is 14.1 Å². The van der Waals surface area contributed by atoms with Crippen molar-refractivity contribution in [1.29, 1.82) is 0 Å². The number of ether oxygens (including phenoxy) is 1. The van der Waals surface area contributed by atoms with Gasteiger partial charge in [0.1, 0.15) is 12.7 Å². The molecule has 1 heterocycles. The molecule has 1 aliphatic heterocycles. The fraction of sp³-hybridized carbons (Fsp3) is 0.515. The van der Waals surface area contributed by atoms with Crippen LogP contribution in [-0.4, -0.2) is 78.1 Å². The van der Waals surface area contributed by atoms with Gasteiger partial charge in [-0.15, -0.1) is 0 Å². The summed E-state index contributed by atoms with van der Waals surface area (Å²) in [7, 11) is -2.41. The van der Waals surface area contributed by atoms with Gasteiger partial charge in [0.05, 0.1) is 17.5 Å². The molecule has 1 aromatic rings. The first-order valence-corrected chi connectivity index (χ1v) is 19.6. The Balaban J connectivity index is 1.52. The second kappa shape index (κ2) is 13.8. The molecule has 1 unspecified atom stereocenters. The number of hydrogen-bond acceptors (Lipinski definition) is 9. The van der Waals surface area contributed by atoms with Gasteiger partial charge >= 0.3 is 0 Å². The first-order valence-electron chi connectivity index (χ1n) is 15.3. The number of hydrogen-bond donors (Lipinski definition) is 1. The Labute approximate surface area is 268 Å². The van der Waals surface area contributed by atoms with Crippen LogP contribution >= 0.6 is 0 Å². The van der Waals surface area contributed by atoms with E-state index in [1.807, 2.05) is 27.1 Å². The summed E-state index contributed by atoms with van der Waals surface area (Å²) in [4.78, 5) is 13.8. The van der Waals surface area contributed by atoms with E-state index in [-0.39, 0.29) is 52.3 Å². The van der Waals surface area contributed by atoms with Gasteiger partial charge in [-0.25, -0.2) is 0 Å². The highest BCUT2D eigenvalue weighted by Gasteiger charge is 2.40. The molecule has 246 valence electrons. The molecule has 3 aliphatic rings. The normalized spacial score (nSPS) is 22.8. The predicted octanol–water partition coefficient (Wildman–Crippen LogP) is 5.64. The number of fused-ring (bicyclic) bond motifs is 1. The van der Waals surface area contributed by atoms with E-state index in [2.05, 4.69) is 68.4 Å². The fourth-order valence-electron chi connectivity index (χ4n) is 5.10. The van der Waals surface area contributed by atoms with E-state index >= 15 is 0 Å². The first kappa shape index (κ1) is 34.8. The van der Waals surface area contributed by atoms with E-state index in [1.54, 1.807) is 18.2 Å². The summed E-state index contributed by atoms with van der Waals surface area (Å²) in [6.45, 7) is 11.9. The van der Waals surface area contributed by atoms with E-state index in [0.717, 1.165) is 23.3 Å². The Morgan fingerprint density at radius 3 is 2.38 bits per heavy atom. The molecule has 0 fully saturated rings. The maximum Gasteiger partial charge on any atom is 0.297 e. The van der Waals surface area contributed by atoms with Crippen molar-refractivity contribution in [3.8, 4) is 0 Å². The van der Waals surface area contributed by atoms with Crippen LogP contribution in [0.1, 0.15) is 39.2 Å². The maximum absolute atomic E-state index is 13.0. The van der Waals surface area contributed by atoms with E-state index < -0.39 is 30.6 Å². The van der Waals surface area contributed by atoms with Gasteiger partial charge in [0, 0.05) is 37.2 Å². The largest absolute Gasteiger partial charge is 0.488 e. The third kappa shape index (κ3) is 8.62. The number of benzene rings is 1. The molecule has 0 saturated heterocycles. The van der Waals surface area contributed by atoms with Crippen molar-refractivity contribution in [1.82, 2.24) is 10.2 Å². The zero-order valence-corrected chi connectivity index (χ0v) is 29.4. The summed E-state index contributed by atoms with van der Waals surface area (Å²) >= 11 is 0. The van der Waals surface area contributed by atoms with Crippen molar-refractivity contribution in [2.24, 2.45) is 0 Å². The summed E-state index contributed by atoms with van der Waals surface area (Å²) in [6.07, 6.45) is 12.4. The molecule has 12 heteroatoms. The second-order valence-corrected chi connectivity index (χ2v) is 20.0. The van der Waals surface area contributed by atoms with Crippen LogP contribution in [0.15, 0.2) is 88.2 Å². The summed E-state index contributed by atoms with van der Waals surface area (Å²) in [5.74, 6) is 0.220. The maximum atomic E-state index is 13.0. The Morgan fingerprint density at radius 2 is 1.76 bits per heavy atom. The zero-order valence-electron chi connectivity index (χ0n) is 27.6. The Hall–Kier alpha value is -3.03. The van der Waals surface area contributed by atoms with Gasteiger partial charge in [-0.1, -0.05) is 62.8 Å². The lowest BCUT2D eigenvalue weighted by atomic mass is 9.88. The minimum Gasteiger partial charge on any atom is -0.488 e. The number of nitrogens with one attached hydrogen (secondary N) is 1. The molecular weight excluding hydrogens is 611 g/mol. The van der Waals surface area contributed by atoms with Gasteiger partial charge in [0.25, 0.3) is 16.2 Å². The van der Waals surface area contributed by atoms with Gasteiger partial charge in [0.2, 0.25) is 0 Å². The summed E-state index contributed by atoms with van der Waals surface area (Å²) in [6, 6.07) is 5.39. The fourth-order valence-corrected chi connectivity index (χ4v) is 7.36. The van der Waals surface area contributed by atoms with E-state index in [1.165, 1.54) is 17.7 Å². The van der Waals surface area contributed by atoms with Crippen molar-refractivity contribution in [3.63, 3.8) is 0 Å². The third-order valence-corrected chi connectivity index (χ3v) is 14.7. The number of aryl methyl sites for hydroxylation is 1. The molecule has 0 radical (unpaired) electrons. The quantitative estimate of drug-likeness (QED) is 0.132. The minimum atomic E-state index is -4.05. The number of rotatable bonds is 12. The highest BCUT2D eigenvalue weighted by atomic mass is 32.2. The Morgan fingerprint density at radius 1 is 1.07 bits per heavy atom. The van der Waals surface area contributed by atoms with E-state index in [0.29, 0.717) is 0 Å². The van der Waals surface area contributed by atoms with Gasteiger partial charge in [-0.05, 0) is 66.9 Å². The van der Waals surface area contributed by atoms with Crippen LogP contribution in [0.2, 0.25) is 18.1 Å². The highest BCUT2D eigenvalue weighted by Crippen LogP contribution is 2.38. The molecule has 10 nitrogen and oxygen atoms in total. The van der Waals surface area contributed by atoms with Crippen molar-refractivity contribution < 1.29 is 26.7 Å². The average Bonchev–Trinajstić information content (AvgIpc) is 2.97. The average molecular weight is 658 g/mol. The molecule has 0 saturated carbocycles. The summed E-state index contributed by atoms with van der Waals surface area (Å²) in [5, 5.41) is 15.5. The molecule has 0 aromatic heterocycles. The van der Waals surface area contributed by atoms with Gasteiger partial charge in [0.15, 0.2) is 14.1 Å². The number of likely N-dealkylation sites (N-methyl/N-ethyl adjacent to an activating group) is 1. The Bertz CT molecular complexity index is 1520. The van der Waals surface area contributed by atoms with Crippen LogP contribution in [0.3, 0.4) is 0 Å². The molecule has 4 atom stereocenters. The lowest BCUT2D eigenvalue weighted by Gasteiger charge is -2.39. The Kier molecular flexibility index (Phi) is 10.6. The number of nitro groups is 1. The third-order valence-electron chi connectivity index (χ3n) is 8.91. The molecular formula is C33H47N3O7SSi. The van der Waals surface area contributed by atoms with Crippen LogP contribution in [-0.2, 0) is 23.5 Å². The molecule has 0 amide bonds. The van der Waals surface area contributed by atoms with Crippen LogP contribution in [0.25, 0.3) is 0 Å². The van der Waals surface area contributed by atoms with E-state index in [4.69, 9.17) is 13.3 Å². The predicted molar refractivity (Wildman–Crippen MR) is 178 cm³/mol. The van der Waals surface area contributed by atoms with Crippen molar-refractivity contribution in [3.05, 3.63) is 99.0 Å². The lowest BCUT2D eigenvalue weighted by molar-refractivity contribution is -0.516. The minimum absolute atomic E-state index is 0.0516. The van der Waals surface area contributed by atoms with Crippen LogP contribution in [0.5, 0.6) is 0 Å². The van der Waals surface area contributed by atoms with Gasteiger partial charge in [-0.2, -0.15) is 8.42 Å². The van der Waals surface area contributed by atoms with Gasteiger partial charge in [-0.3, -0.25) is 19.6 Å². The number of allylic oxidation sites excluding steroid dienone is 1. The molecule has 2 aliphatic carbocycles. The number of nitrogens with zero attached hydrogens (tertiary/aromatic N) is 2. The molecule has 0 spiro atoms. The molecule has 1 aromatic carbocycles. The zero-order chi connectivity index (χ0) is 33.2. The summed E-state index contributed by atoms with van der Waals surface area (Å²) < 4.78 is 44.1. The van der Waals surface area contributed by atoms with Crippen LogP contribution < -0.4 is 5.32 Å². The summed E-state index contributed by atoms with van der Waals surface area (Å²) in [5.41, 5.74) is 4.18.